The number of aryl methyl sites for hydroxylation is 2. The standard InChI is InChI=1S/C25H28N4O2S/c1-17-14-18(2)23-22(15-17)27-25(32-23)29(9-5-8-28-10-12-31-13-11-28)24(30)20-16-26-21-7-4-3-6-19(20)21/h3-4,6-7,14-16,26H,5,8-13H2,1-2H3. The monoisotopic (exact) mass is 448 g/mol. The lowest BCUT2D eigenvalue weighted by atomic mass is 10.1. The number of hydrogen-bond donors (Lipinski definition) is 1. The Balaban J connectivity index is 1.46. The molecular formula is C25H28N4O2S. The average Bonchev–Trinajstić information content (AvgIpc) is 3.41. The number of aromatic amines is 1. The predicted octanol–water partition coefficient (Wildman–Crippen LogP) is 4.76. The number of carbonyl (C=O) groups is 1. The van der Waals surface area contributed by atoms with Gasteiger partial charge < -0.3 is 9.72 Å². The molecule has 0 saturated carbocycles. The summed E-state index contributed by atoms with van der Waals surface area (Å²) in [5, 5.41) is 1.72. The number of aromatic nitrogens is 2. The summed E-state index contributed by atoms with van der Waals surface area (Å²) in [6.07, 6.45) is 2.72. The van der Waals surface area contributed by atoms with Gasteiger partial charge in [0.2, 0.25) is 0 Å². The van der Waals surface area contributed by atoms with Crippen LogP contribution in [0.3, 0.4) is 0 Å². The van der Waals surface area contributed by atoms with Crippen molar-refractivity contribution in [2.45, 2.75) is 20.3 Å². The van der Waals surface area contributed by atoms with E-state index in [9.17, 15) is 4.79 Å². The zero-order chi connectivity index (χ0) is 22.1. The van der Waals surface area contributed by atoms with Crippen LogP contribution < -0.4 is 4.90 Å². The lowest BCUT2D eigenvalue weighted by molar-refractivity contribution is 0.0376. The van der Waals surface area contributed by atoms with Crippen molar-refractivity contribution in [1.29, 1.82) is 0 Å². The summed E-state index contributed by atoms with van der Waals surface area (Å²) < 4.78 is 6.61. The molecule has 1 aliphatic rings. The van der Waals surface area contributed by atoms with Gasteiger partial charge in [-0.25, -0.2) is 4.98 Å². The summed E-state index contributed by atoms with van der Waals surface area (Å²) in [6.45, 7) is 9.26. The van der Waals surface area contributed by atoms with Crippen LogP contribution in [-0.2, 0) is 4.74 Å². The van der Waals surface area contributed by atoms with E-state index < -0.39 is 0 Å². The molecule has 3 heterocycles. The van der Waals surface area contributed by atoms with Crippen LogP contribution in [-0.4, -0.2) is 60.2 Å². The van der Waals surface area contributed by atoms with Crippen LogP contribution in [0, 0.1) is 13.8 Å². The van der Waals surface area contributed by atoms with Gasteiger partial charge >= 0.3 is 0 Å². The van der Waals surface area contributed by atoms with E-state index in [-0.39, 0.29) is 5.91 Å². The maximum atomic E-state index is 13.8. The number of anilines is 1. The fourth-order valence-corrected chi connectivity index (χ4v) is 5.48. The van der Waals surface area contributed by atoms with E-state index in [4.69, 9.17) is 9.72 Å². The fraction of sp³-hybridized carbons (Fsp3) is 0.360. The van der Waals surface area contributed by atoms with E-state index in [0.29, 0.717) is 12.1 Å². The van der Waals surface area contributed by atoms with Gasteiger partial charge in [0.25, 0.3) is 5.91 Å². The average molecular weight is 449 g/mol. The minimum atomic E-state index is -0.00198. The summed E-state index contributed by atoms with van der Waals surface area (Å²) in [7, 11) is 0. The first-order valence-electron chi connectivity index (χ1n) is 11.2. The van der Waals surface area contributed by atoms with E-state index in [0.717, 1.165) is 65.5 Å². The first-order valence-corrected chi connectivity index (χ1v) is 12.0. The van der Waals surface area contributed by atoms with Crippen LogP contribution >= 0.6 is 11.3 Å². The summed E-state index contributed by atoms with van der Waals surface area (Å²) in [5.74, 6) is -0.00198. The molecule has 2 aromatic carbocycles. The Morgan fingerprint density at radius 2 is 2.03 bits per heavy atom. The second kappa shape index (κ2) is 9.02. The molecule has 5 rings (SSSR count). The van der Waals surface area contributed by atoms with Gasteiger partial charge in [0.1, 0.15) is 0 Å². The van der Waals surface area contributed by atoms with Gasteiger partial charge in [0, 0.05) is 43.3 Å². The largest absolute Gasteiger partial charge is 0.379 e. The number of amides is 1. The highest BCUT2D eigenvalue weighted by atomic mass is 32.1. The molecule has 0 atom stereocenters. The van der Waals surface area contributed by atoms with Gasteiger partial charge in [-0.2, -0.15) is 0 Å². The minimum absolute atomic E-state index is 0.00198. The van der Waals surface area contributed by atoms with Gasteiger partial charge in [-0.3, -0.25) is 14.6 Å². The number of rotatable bonds is 6. The molecule has 166 valence electrons. The number of nitrogens with zero attached hydrogens (tertiary/aromatic N) is 3. The third kappa shape index (κ3) is 4.16. The molecule has 1 amide bonds. The maximum Gasteiger partial charge on any atom is 0.262 e. The van der Waals surface area contributed by atoms with Crippen molar-refractivity contribution in [1.82, 2.24) is 14.9 Å². The lowest BCUT2D eigenvalue weighted by Gasteiger charge is -2.27. The van der Waals surface area contributed by atoms with Crippen LogP contribution in [0.15, 0.2) is 42.6 Å². The zero-order valence-electron chi connectivity index (χ0n) is 18.6. The van der Waals surface area contributed by atoms with Gasteiger partial charge in [0.15, 0.2) is 5.13 Å². The van der Waals surface area contributed by atoms with Crippen LogP contribution in [0.25, 0.3) is 21.1 Å². The van der Waals surface area contributed by atoms with Crippen molar-refractivity contribution < 1.29 is 9.53 Å². The van der Waals surface area contributed by atoms with E-state index in [1.54, 1.807) is 11.3 Å². The van der Waals surface area contributed by atoms with Gasteiger partial charge in [0.05, 0.1) is 29.0 Å². The fourth-order valence-electron chi connectivity index (χ4n) is 4.44. The SMILES string of the molecule is Cc1cc(C)c2sc(N(CCCN3CCOCC3)C(=O)c3c[nH]c4ccccc34)nc2c1. The molecule has 0 bridgehead atoms. The van der Waals surface area contributed by atoms with E-state index >= 15 is 0 Å². The Kier molecular flexibility index (Phi) is 5.95. The molecule has 1 aliphatic heterocycles. The number of morpholine rings is 1. The lowest BCUT2D eigenvalue weighted by Crippen LogP contribution is -2.39. The Labute approximate surface area is 191 Å². The first-order chi connectivity index (χ1) is 15.6. The van der Waals surface area contributed by atoms with Crippen molar-refractivity contribution in [3.05, 3.63) is 59.3 Å². The molecule has 0 aliphatic carbocycles. The van der Waals surface area contributed by atoms with Crippen molar-refractivity contribution >= 4 is 43.5 Å². The predicted molar refractivity (Wildman–Crippen MR) is 131 cm³/mol. The van der Waals surface area contributed by atoms with Crippen LogP contribution in [0.5, 0.6) is 0 Å². The molecule has 0 spiro atoms. The Morgan fingerprint density at radius 3 is 2.88 bits per heavy atom. The summed E-state index contributed by atoms with van der Waals surface area (Å²) in [6, 6.07) is 12.2. The molecule has 6 nitrogen and oxygen atoms in total. The van der Waals surface area contributed by atoms with E-state index in [1.165, 1.54) is 11.1 Å². The summed E-state index contributed by atoms with van der Waals surface area (Å²) in [4.78, 5) is 26.2. The quantitative estimate of drug-likeness (QED) is 0.462. The number of thiazole rings is 1. The minimum Gasteiger partial charge on any atom is -0.379 e. The van der Waals surface area contributed by atoms with Crippen molar-refractivity contribution in [2.24, 2.45) is 0 Å². The molecule has 1 fully saturated rings. The number of nitrogens with one attached hydrogen (secondary N) is 1. The molecular weight excluding hydrogens is 420 g/mol. The van der Waals surface area contributed by atoms with E-state index in [2.05, 4.69) is 35.9 Å². The molecule has 32 heavy (non-hydrogen) atoms. The smallest absolute Gasteiger partial charge is 0.262 e. The van der Waals surface area contributed by atoms with Crippen LogP contribution in [0.4, 0.5) is 5.13 Å². The molecule has 4 aromatic rings. The highest BCUT2D eigenvalue weighted by Crippen LogP contribution is 2.33. The second-order valence-corrected chi connectivity index (χ2v) is 9.42. The topological polar surface area (TPSA) is 61.5 Å². The Bertz CT molecular complexity index is 1260. The summed E-state index contributed by atoms with van der Waals surface area (Å²) in [5.41, 5.74) is 5.02. The molecule has 0 radical (unpaired) electrons. The molecule has 7 heteroatoms. The number of para-hydroxylation sites is 1. The molecule has 1 N–H and O–H groups in total. The third-order valence-corrected chi connectivity index (χ3v) is 7.29. The second-order valence-electron chi connectivity index (χ2n) is 8.44. The zero-order valence-corrected chi connectivity index (χ0v) is 19.4. The number of H-pyrrole nitrogens is 1. The van der Waals surface area contributed by atoms with Gasteiger partial charge in [-0.15, -0.1) is 0 Å². The molecule has 2 aromatic heterocycles. The van der Waals surface area contributed by atoms with Gasteiger partial charge in [-0.05, 0) is 43.5 Å². The Hall–Kier alpha value is -2.74. The number of fused-ring (bicyclic) bond motifs is 2. The molecule has 0 unspecified atom stereocenters. The normalized spacial score (nSPS) is 14.9. The Morgan fingerprint density at radius 1 is 1.22 bits per heavy atom. The number of hydrogen-bond acceptors (Lipinski definition) is 5. The summed E-state index contributed by atoms with van der Waals surface area (Å²) >= 11 is 1.61. The van der Waals surface area contributed by atoms with Gasteiger partial charge in [-0.1, -0.05) is 35.6 Å². The first kappa shape index (κ1) is 21.1. The van der Waals surface area contributed by atoms with Crippen LogP contribution in [0.1, 0.15) is 27.9 Å². The van der Waals surface area contributed by atoms with Crippen molar-refractivity contribution in [2.75, 3.05) is 44.3 Å². The highest BCUT2D eigenvalue weighted by molar-refractivity contribution is 7.22. The van der Waals surface area contributed by atoms with Crippen molar-refractivity contribution in [3.63, 3.8) is 0 Å². The highest BCUT2D eigenvalue weighted by Gasteiger charge is 2.24. The van der Waals surface area contributed by atoms with E-state index in [1.807, 2.05) is 35.4 Å². The third-order valence-electron chi connectivity index (χ3n) is 6.06. The number of ether oxygens (including phenoxy) is 1. The maximum absolute atomic E-state index is 13.8. The number of benzene rings is 2. The number of carbonyl (C=O) groups excluding carboxylic acids is 1. The van der Waals surface area contributed by atoms with Crippen LogP contribution in [0.2, 0.25) is 0 Å². The molecule has 1 saturated heterocycles. The van der Waals surface area contributed by atoms with Crippen molar-refractivity contribution in [3.8, 4) is 0 Å².